The monoisotopic (exact) mass is 237 g/mol. The summed E-state index contributed by atoms with van der Waals surface area (Å²) >= 11 is 6.09. The van der Waals surface area contributed by atoms with Crippen LogP contribution in [-0.4, -0.2) is 18.5 Å². The molecular formula is C13H16ClNO. The zero-order chi connectivity index (χ0) is 11.5. The van der Waals surface area contributed by atoms with Crippen molar-refractivity contribution in [3.05, 3.63) is 34.9 Å². The van der Waals surface area contributed by atoms with Gasteiger partial charge in [-0.15, -0.1) is 0 Å². The fourth-order valence-electron chi connectivity index (χ4n) is 1.68. The number of halogens is 1. The number of ether oxygens (including phenoxy) is 1. The number of rotatable bonds is 3. The lowest BCUT2D eigenvalue weighted by molar-refractivity contribution is 0.287. The summed E-state index contributed by atoms with van der Waals surface area (Å²) < 4.78 is 5.58. The molecule has 2 rings (SSSR count). The SMILES string of the molecule is CC(C)C1COC(Cc2ccccc2Cl)=N1. The van der Waals surface area contributed by atoms with E-state index in [-0.39, 0.29) is 0 Å². The lowest BCUT2D eigenvalue weighted by atomic mass is 10.1. The molecule has 16 heavy (non-hydrogen) atoms. The molecule has 1 aromatic rings. The third kappa shape index (κ3) is 2.56. The van der Waals surface area contributed by atoms with Gasteiger partial charge in [0.2, 0.25) is 0 Å². The number of hydrogen-bond donors (Lipinski definition) is 0. The minimum Gasteiger partial charge on any atom is -0.478 e. The van der Waals surface area contributed by atoms with E-state index in [0.29, 0.717) is 25.0 Å². The average Bonchev–Trinajstić information content (AvgIpc) is 2.70. The molecule has 0 N–H and O–H groups in total. The van der Waals surface area contributed by atoms with Gasteiger partial charge in [-0.25, -0.2) is 4.99 Å². The zero-order valence-corrected chi connectivity index (χ0v) is 10.4. The second kappa shape index (κ2) is 4.88. The maximum absolute atomic E-state index is 6.09. The molecule has 0 fully saturated rings. The second-order valence-electron chi connectivity index (χ2n) is 4.41. The maximum Gasteiger partial charge on any atom is 0.188 e. The van der Waals surface area contributed by atoms with Crippen LogP contribution in [0.25, 0.3) is 0 Å². The smallest absolute Gasteiger partial charge is 0.188 e. The highest BCUT2D eigenvalue weighted by molar-refractivity contribution is 6.31. The molecule has 1 atom stereocenters. The summed E-state index contributed by atoms with van der Waals surface area (Å²) in [7, 11) is 0. The highest BCUT2D eigenvalue weighted by atomic mass is 35.5. The summed E-state index contributed by atoms with van der Waals surface area (Å²) in [6.07, 6.45) is 0.697. The van der Waals surface area contributed by atoms with Crippen molar-refractivity contribution in [2.45, 2.75) is 26.3 Å². The van der Waals surface area contributed by atoms with Crippen molar-refractivity contribution in [1.29, 1.82) is 0 Å². The first-order chi connectivity index (χ1) is 7.66. The van der Waals surface area contributed by atoms with Gasteiger partial charge in [-0.3, -0.25) is 0 Å². The predicted molar refractivity (Wildman–Crippen MR) is 67.2 cm³/mol. The summed E-state index contributed by atoms with van der Waals surface area (Å²) in [4.78, 5) is 4.56. The fourth-order valence-corrected chi connectivity index (χ4v) is 1.89. The van der Waals surface area contributed by atoms with E-state index in [1.165, 1.54) is 0 Å². The molecule has 1 aliphatic rings. The summed E-state index contributed by atoms with van der Waals surface area (Å²) in [6, 6.07) is 8.12. The fraction of sp³-hybridized carbons (Fsp3) is 0.462. The van der Waals surface area contributed by atoms with Crippen molar-refractivity contribution < 1.29 is 4.74 Å². The van der Waals surface area contributed by atoms with Gasteiger partial charge in [-0.05, 0) is 17.5 Å². The van der Waals surface area contributed by atoms with Crippen LogP contribution in [0.15, 0.2) is 29.3 Å². The van der Waals surface area contributed by atoms with Gasteiger partial charge in [0.05, 0.1) is 6.04 Å². The van der Waals surface area contributed by atoms with Crippen molar-refractivity contribution in [1.82, 2.24) is 0 Å². The van der Waals surface area contributed by atoms with Crippen molar-refractivity contribution in [2.75, 3.05) is 6.61 Å². The van der Waals surface area contributed by atoms with Gasteiger partial charge in [-0.1, -0.05) is 43.6 Å². The Balaban J connectivity index is 2.07. The molecule has 3 heteroatoms. The standard InChI is InChI=1S/C13H16ClNO/c1-9(2)12-8-16-13(15-12)7-10-5-3-4-6-11(10)14/h3-6,9,12H,7-8H2,1-2H3. The molecule has 1 aliphatic heterocycles. The summed E-state index contributed by atoms with van der Waals surface area (Å²) in [5.41, 5.74) is 1.08. The van der Waals surface area contributed by atoms with Gasteiger partial charge in [-0.2, -0.15) is 0 Å². The largest absolute Gasteiger partial charge is 0.478 e. The molecule has 0 amide bonds. The van der Waals surface area contributed by atoms with E-state index in [9.17, 15) is 0 Å². The van der Waals surface area contributed by atoms with Crippen molar-refractivity contribution in [2.24, 2.45) is 10.9 Å². The zero-order valence-electron chi connectivity index (χ0n) is 9.61. The Hall–Kier alpha value is -1.02. The van der Waals surface area contributed by atoms with Crippen LogP contribution in [0.1, 0.15) is 19.4 Å². The van der Waals surface area contributed by atoms with Gasteiger partial charge in [0.15, 0.2) is 5.90 Å². The molecule has 0 saturated carbocycles. The molecule has 0 aromatic heterocycles. The lowest BCUT2D eigenvalue weighted by Crippen LogP contribution is -2.13. The Bertz CT molecular complexity index is 401. The summed E-state index contributed by atoms with van der Waals surface area (Å²) in [5, 5.41) is 0.779. The van der Waals surface area contributed by atoms with Gasteiger partial charge in [0.25, 0.3) is 0 Å². The van der Waals surface area contributed by atoms with Crippen molar-refractivity contribution in [3.8, 4) is 0 Å². The van der Waals surface area contributed by atoms with Crippen LogP contribution in [0.5, 0.6) is 0 Å². The highest BCUT2D eigenvalue weighted by Crippen LogP contribution is 2.20. The Morgan fingerprint density at radius 1 is 1.44 bits per heavy atom. The van der Waals surface area contributed by atoms with Crippen LogP contribution in [0.2, 0.25) is 5.02 Å². The molecule has 1 aromatic carbocycles. The normalized spacial score (nSPS) is 19.8. The third-order valence-corrected chi connectivity index (χ3v) is 3.17. The number of nitrogens with zero attached hydrogens (tertiary/aromatic N) is 1. The molecule has 0 bridgehead atoms. The van der Waals surface area contributed by atoms with E-state index in [1.807, 2.05) is 24.3 Å². The quantitative estimate of drug-likeness (QED) is 0.790. The first-order valence-electron chi connectivity index (χ1n) is 5.59. The van der Waals surface area contributed by atoms with Crippen molar-refractivity contribution >= 4 is 17.5 Å². The molecule has 0 saturated heterocycles. The minimum atomic E-state index is 0.303. The molecular weight excluding hydrogens is 222 g/mol. The van der Waals surface area contributed by atoms with Crippen LogP contribution in [0, 0.1) is 5.92 Å². The molecule has 1 unspecified atom stereocenters. The van der Waals surface area contributed by atoms with Gasteiger partial charge in [0, 0.05) is 11.4 Å². The summed E-state index contributed by atoms with van der Waals surface area (Å²) in [6.45, 7) is 5.03. The Labute approximate surface area is 101 Å². The molecule has 2 nitrogen and oxygen atoms in total. The van der Waals surface area contributed by atoms with Crippen LogP contribution >= 0.6 is 11.6 Å². The van der Waals surface area contributed by atoms with E-state index in [1.54, 1.807) is 0 Å². The number of benzene rings is 1. The van der Waals surface area contributed by atoms with Crippen LogP contribution in [0.3, 0.4) is 0 Å². The highest BCUT2D eigenvalue weighted by Gasteiger charge is 2.21. The summed E-state index contributed by atoms with van der Waals surface area (Å²) in [5.74, 6) is 1.34. The average molecular weight is 238 g/mol. The van der Waals surface area contributed by atoms with E-state index >= 15 is 0 Å². The van der Waals surface area contributed by atoms with E-state index in [4.69, 9.17) is 16.3 Å². The first-order valence-corrected chi connectivity index (χ1v) is 5.97. The van der Waals surface area contributed by atoms with Gasteiger partial charge in [0.1, 0.15) is 6.61 Å². The van der Waals surface area contributed by atoms with Crippen LogP contribution < -0.4 is 0 Å². The van der Waals surface area contributed by atoms with E-state index < -0.39 is 0 Å². The lowest BCUT2D eigenvalue weighted by Gasteiger charge is -2.06. The van der Waals surface area contributed by atoms with Gasteiger partial charge >= 0.3 is 0 Å². The third-order valence-electron chi connectivity index (χ3n) is 2.80. The van der Waals surface area contributed by atoms with E-state index in [0.717, 1.165) is 16.5 Å². The van der Waals surface area contributed by atoms with Crippen molar-refractivity contribution in [3.63, 3.8) is 0 Å². The maximum atomic E-state index is 6.09. The van der Waals surface area contributed by atoms with Crippen LogP contribution in [0.4, 0.5) is 0 Å². The predicted octanol–water partition coefficient (Wildman–Crippen LogP) is 3.34. The minimum absolute atomic E-state index is 0.303. The number of hydrogen-bond acceptors (Lipinski definition) is 2. The molecule has 1 heterocycles. The topological polar surface area (TPSA) is 21.6 Å². The Kier molecular flexibility index (Phi) is 3.49. The Morgan fingerprint density at radius 3 is 2.81 bits per heavy atom. The molecule has 0 radical (unpaired) electrons. The first kappa shape index (κ1) is 11.5. The second-order valence-corrected chi connectivity index (χ2v) is 4.82. The number of aliphatic imine (C=N–C) groups is 1. The van der Waals surface area contributed by atoms with Crippen LogP contribution in [-0.2, 0) is 11.2 Å². The molecule has 86 valence electrons. The Morgan fingerprint density at radius 2 is 2.19 bits per heavy atom. The molecule has 0 spiro atoms. The van der Waals surface area contributed by atoms with Gasteiger partial charge < -0.3 is 4.74 Å². The molecule has 0 aliphatic carbocycles. The van der Waals surface area contributed by atoms with E-state index in [2.05, 4.69) is 18.8 Å².